The van der Waals surface area contributed by atoms with Gasteiger partial charge in [-0.05, 0) is 37.1 Å². The van der Waals surface area contributed by atoms with Gasteiger partial charge >= 0.3 is 0 Å². The lowest BCUT2D eigenvalue weighted by atomic mass is 9.85. The van der Waals surface area contributed by atoms with Crippen molar-refractivity contribution in [3.63, 3.8) is 0 Å². The van der Waals surface area contributed by atoms with Crippen LogP contribution in [0.15, 0.2) is 53.1 Å². The molecule has 1 fully saturated rings. The van der Waals surface area contributed by atoms with Crippen molar-refractivity contribution in [2.24, 2.45) is 0 Å². The van der Waals surface area contributed by atoms with Gasteiger partial charge in [-0.15, -0.1) is 0 Å². The molecule has 0 aliphatic heterocycles. The van der Waals surface area contributed by atoms with Gasteiger partial charge in [0.2, 0.25) is 0 Å². The van der Waals surface area contributed by atoms with Crippen molar-refractivity contribution in [1.82, 2.24) is 5.32 Å². The summed E-state index contributed by atoms with van der Waals surface area (Å²) in [6.45, 7) is 3.18. The topological polar surface area (TPSA) is 25.2 Å². The van der Waals surface area contributed by atoms with Crippen LogP contribution in [0.1, 0.15) is 31.1 Å². The molecule has 0 spiro atoms. The van der Waals surface area contributed by atoms with Gasteiger partial charge in [-0.25, -0.2) is 0 Å². The zero-order chi connectivity index (χ0) is 13.1. The maximum absolute atomic E-state index is 5.53. The number of hydrogen-bond acceptors (Lipinski definition) is 2. The van der Waals surface area contributed by atoms with Gasteiger partial charge in [0, 0.05) is 17.9 Å². The summed E-state index contributed by atoms with van der Waals surface area (Å²) in [6.07, 6.45) is 5.28. The molecule has 19 heavy (non-hydrogen) atoms. The first-order valence-corrected chi connectivity index (χ1v) is 7.16. The average Bonchev–Trinajstić information content (AvgIpc) is 3.11. The Morgan fingerprint density at radius 3 is 2.53 bits per heavy atom. The van der Waals surface area contributed by atoms with Crippen molar-refractivity contribution in [3.8, 4) is 0 Å². The minimum atomic E-state index is 0.310. The maximum Gasteiger partial charge on any atom is 0.105 e. The third-order valence-electron chi connectivity index (χ3n) is 4.24. The average molecular weight is 255 g/mol. The lowest BCUT2D eigenvalue weighted by molar-refractivity contribution is 0.385. The zero-order valence-electron chi connectivity index (χ0n) is 11.4. The van der Waals surface area contributed by atoms with Gasteiger partial charge < -0.3 is 9.73 Å². The van der Waals surface area contributed by atoms with Crippen molar-refractivity contribution < 1.29 is 4.42 Å². The van der Waals surface area contributed by atoms with Crippen LogP contribution in [0.5, 0.6) is 0 Å². The van der Waals surface area contributed by atoms with Gasteiger partial charge in [0.1, 0.15) is 5.76 Å². The molecule has 1 saturated carbocycles. The number of hydrogen-bond donors (Lipinski definition) is 1. The van der Waals surface area contributed by atoms with Crippen LogP contribution >= 0.6 is 0 Å². The summed E-state index contributed by atoms with van der Waals surface area (Å²) in [5.74, 6) is 1.08. The van der Waals surface area contributed by atoms with Crippen molar-refractivity contribution in [2.75, 3.05) is 6.54 Å². The molecular formula is C17H21NO. The molecule has 1 heterocycles. The first kappa shape index (κ1) is 12.5. The highest BCUT2D eigenvalue weighted by molar-refractivity contribution is 5.34. The Bertz CT molecular complexity index is 499. The van der Waals surface area contributed by atoms with Gasteiger partial charge in [0.25, 0.3) is 0 Å². The maximum atomic E-state index is 5.53. The smallest absolute Gasteiger partial charge is 0.105 e. The number of furan rings is 1. The summed E-state index contributed by atoms with van der Waals surface area (Å²) in [4.78, 5) is 0. The Morgan fingerprint density at radius 2 is 1.95 bits per heavy atom. The van der Waals surface area contributed by atoms with E-state index in [-0.39, 0.29) is 0 Å². The number of likely N-dealkylation sites (N-methyl/N-ethyl adjacent to an activating group) is 1. The van der Waals surface area contributed by atoms with Gasteiger partial charge in [0.05, 0.1) is 6.26 Å². The fourth-order valence-electron chi connectivity index (χ4n) is 3.08. The van der Waals surface area contributed by atoms with Crippen LogP contribution in [-0.2, 0) is 11.8 Å². The van der Waals surface area contributed by atoms with E-state index < -0.39 is 0 Å². The molecule has 2 aromatic rings. The highest BCUT2D eigenvalue weighted by atomic mass is 16.3. The number of rotatable bonds is 6. The molecule has 1 aromatic carbocycles. The molecule has 2 nitrogen and oxygen atoms in total. The van der Waals surface area contributed by atoms with Gasteiger partial charge in [-0.3, -0.25) is 0 Å². The van der Waals surface area contributed by atoms with E-state index in [0.717, 1.165) is 18.7 Å². The van der Waals surface area contributed by atoms with E-state index in [9.17, 15) is 0 Å². The van der Waals surface area contributed by atoms with Crippen molar-refractivity contribution in [3.05, 3.63) is 60.1 Å². The monoisotopic (exact) mass is 255 g/mol. The standard InChI is InChI=1S/C17H21NO/c1-2-18-16(13-15-9-6-12-19-15)17(10-11-17)14-7-4-3-5-8-14/h3-9,12,16,18H,2,10-11,13H2,1H3. The van der Waals surface area contributed by atoms with Gasteiger partial charge in [-0.1, -0.05) is 37.3 Å². The molecule has 2 heteroatoms. The molecule has 1 atom stereocenters. The predicted molar refractivity (Wildman–Crippen MR) is 77.2 cm³/mol. The summed E-state index contributed by atoms with van der Waals surface area (Å²) in [7, 11) is 0. The SMILES string of the molecule is CCNC(Cc1ccco1)C1(c2ccccc2)CC1. The van der Waals surface area contributed by atoms with E-state index in [1.165, 1.54) is 18.4 Å². The third kappa shape index (κ3) is 2.45. The van der Waals surface area contributed by atoms with Crippen LogP contribution in [0.3, 0.4) is 0 Å². The highest BCUT2D eigenvalue weighted by Gasteiger charge is 2.50. The molecule has 3 rings (SSSR count). The van der Waals surface area contributed by atoms with E-state index in [2.05, 4.69) is 48.6 Å². The van der Waals surface area contributed by atoms with Gasteiger partial charge in [-0.2, -0.15) is 0 Å². The molecule has 0 bridgehead atoms. The molecule has 1 aromatic heterocycles. The van der Waals surface area contributed by atoms with Gasteiger partial charge in [0.15, 0.2) is 0 Å². The number of nitrogens with one attached hydrogen (secondary N) is 1. The Kier molecular flexibility index (Phi) is 3.43. The molecule has 1 aliphatic rings. The number of benzene rings is 1. The van der Waals surface area contributed by atoms with Crippen LogP contribution in [0.25, 0.3) is 0 Å². The Morgan fingerprint density at radius 1 is 1.16 bits per heavy atom. The largest absolute Gasteiger partial charge is 0.469 e. The van der Waals surface area contributed by atoms with Crippen LogP contribution < -0.4 is 5.32 Å². The second kappa shape index (κ2) is 5.22. The molecule has 0 saturated heterocycles. The van der Waals surface area contributed by atoms with E-state index in [4.69, 9.17) is 4.42 Å². The van der Waals surface area contributed by atoms with Crippen molar-refractivity contribution >= 4 is 0 Å². The lowest BCUT2D eigenvalue weighted by Gasteiger charge is -2.27. The third-order valence-corrected chi connectivity index (χ3v) is 4.24. The summed E-state index contributed by atoms with van der Waals surface area (Å²) in [6, 6.07) is 15.4. The second-order valence-corrected chi connectivity index (χ2v) is 5.42. The van der Waals surface area contributed by atoms with Crippen molar-refractivity contribution in [1.29, 1.82) is 0 Å². The normalized spacial score (nSPS) is 18.2. The fraction of sp³-hybridized carbons (Fsp3) is 0.412. The van der Waals surface area contributed by atoms with E-state index in [1.807, 2.05) is 6.07 Å². The van der Waals surface area contributed by atoms with Crippen LogP contribution in [-0.4, -0.2) is 12.6 Å². The molecule has 1 N–H and O–H groups in total. The molecule has 0 amide bonds. The summed E-state index contributed by atoms with van der Waals surface area (Å²) in [5, 5.41) is 3.66. The first-order valence-electron chi connectivity index (χ1n) is 7.16. The van der Waals surface area contributed by atoms with Crippen LogP contribution in [0.4, 0.5) is 0 Å². The highest BCUT2D eigenvalue weighted by Crippen LogP contribution is 2.51. The second-order valence-electron chi connectivity index (χ2n) is 5.42. The Hall–Kier alpha value is -1.54. The Labute approximate surface area is 114 Å². The molecule has 1 aliphatic carbocycles. The molecule has 100 valence electrons. The minimum absolute atomic E-state index is 0.310. The van der Waals surface area contributed by atoms with Crippen LogP contribution in [0.2, 0.25) is 0 Å². The fourth-order valence-corrected chi connectivity index (χ4v) is 3.08. The quantitative estimate of drug-likeness (QED) is 0.854. The van der Waals surface area contributed by atoms with E-state index >= 15 is 0 Å². The minimum Gasteiger partial charge on any atom is -0.469 e. The lowest BCUT2D eigenvalue weighted by Crippen LogP contribution is -2.41. The molecule has 1 unspecified atom stereocenters. The summed E-state index contributed by atoms with van der Waals surface area (Å²) >= 11 is 0. The Balaban J connectivity index is 1.83. The summed E-state index contributed by atoms with van der Waals surface area (Å²) in [5.41, 5.74) is 1.77. The molecular weight excluding hydrogens is 234 g/mol. The first-order chi connectivity index (χ1) is 9.35. The van der Waals surface area contributed by atoms with Crippen LogP contribution in [0, 0.1) is 0 Å². The van der Waals surface area contributed by atoms with E-state index in [0.29, 0.717) is 11.5 Å². The summed E-state index contributed by atoms with van der Waals surface area (Å²) < 4.78 is 5.53. The molecule has 0 radical (unpaired) electrons. The predicted octanol–water partition coefficient (Wildman–Crippen LogP) is 3.53. The zero-order valence-corrected chi connectivity index (χ0v) is 11.4. The van der Waals surface area contributed by atoms with E-state index in [1.54, 1.807) is 6.26 Å². The van der Waals surface area contributed by atoms with Crippen molar-refractivity contribution in [2.45, 2.75) is 37.6 Å².